The molecule has 1 aromatic rings. The number of aliphatic hydroxyl groups excluding tert-OH is 5. The first-order valence-electron chi connectivity index (χ1n) is 10.1. The molecule has 3 aliphatic heterocycles. The molecule has 0 amide bonds. The average molecular weight is 460 g/mol. The molecule has 1 aromatic heterocycles. The predicted molar refractivity (Wildman–Crippen MR) is 104 cm³/mol. The zero-order valence-electron chi connectivity index (χ0n) is 17.0. The monoisotopic (exact) mass is 460 g/mol. The van der Waals surface area contributed by atoms with E-state index in [2.05, 4.69) is 15.1 Å². The molecule has 4 heterocycles. The van der Waals surface area contributed by atoms with Gasteiger partial charge in [-0.3, -0.25) is 9.98 Å². The van der Waals surface area contributed by atoms with E-state index in [1.54, 1.807) is 0 Å². The van der Waals surface area contributed by atoms with Crippen molar-refractivity contribution in [3.05, 3.63) is 12.0 Å². The zero-order valence-corrected chi connectivity index (χ0v) is 17.0. The van der Waals surface area contributed by atoms with E-state index in [1.807, 2.05) is 0 Å². The minimum atomic E-state index is -1.30. The molecule has 15 nitrogen and oxygen atoms in total. The van der Waals surface area contributed by atoms with Gasteiger partial charge in [-0.15, -0.1) is 0 Å². The lowest BCUT2D eigenvalue weighted by Crippen LogP contribution is -2.52. The minimum Gasteiger partial charge on any atom is -0.394 e. The summed E-state index contributed by atoms with van der Waals surface area (Å²) in [6, 6.07) is 0. The third-order valence-corrected chi connectivity index (χ3v) is 5.82. The van der Waals surface area contributed by atoms with Crippen molar-refractivity contribution in [2.75, 3.05) is 38.4 Å². The maximum absolute atomic E-state index is 10.5. The third-order valence-electron chi connectivity index (χ3n) is 5.82. The van der Waals surface area contributed by atoms with Crippen LogP contribution in [0.15, 0.2) is 6.33 Å². The summed E-state index contributed by atoms with van der Waals surface area (Å²) in [5.74, 6) is 5.32. The summed E-state index contributed by atoms with van der Waals surface area (Å²) in [5, 5.41) is 61.3. The quantitative estimate of drug-likeness (QED) is 0.136. The highest BCUT2D eigenvalue weighted by Gasteiger charge is 2.50. The number of hydrogen-bond donors (Lipinski definition) is 8. The smallest absolute Gasteiger partial charge is 0.165 e. The number of aromatic nitrogens is 2. The normalized spacial score (nSPS) is 37.1. The molecule has 32 heavy (non-hydrogen) atoms. The Morgan fingerprint density at radius 3 is 2.44 bits per heavy atom. The van der Waals surface area contributed by atoms with Crippen molar-refractivity contribution >= 4 is 11.7 Å². The highest BCUT2D eigenvalue weighted by Crippen LogP contribution is 2.35. The van der Waals surface area contributed by atoms with Crippen LogP contribution in [-0.4, -0.2) is 122 Å². The van der Waals surface area contributed by atoms with Gasteiger partial charge in [-0.25, -0.2) is 10.9 Å². The van der Waals surface area contributed by atoms with Gasteiger partial charge >= 0.3 is 0 Å². The lowest BCUT2D eigenvalue weighted by atomic mass is 10.1. The molecule has 9 N–H and O–H groups in total. The van der Waals surface area contributed by atoms with E-state index in [0.717, 1.165) is 0 Å². The number of ether oxygens (including phenoxy) is 3. The Morgan fingerprint density at radius 1 is 1.09 bits per heavy atom. The molecule has 2 saturated heterocycles. The first kappa shape index (κ1) is 23.2. The number of rotatable bonds is 8. The van der Waals surface area contributed by atoms with Gasteiger partial charge < -0.3 is 54.8 Å². The largest absolute Gasteiger partial charge is 0.394 e. The van der Waals surface area contributed by atoms with Crippen LogP contribution in [0.4, 0.5) is 5.82 Å². The SMILES string of the molecule is N=C1c2ncn([C@@H]3O[C@H](CO)[C@@H](O)[C@H]3O)c2NCN1[C@@H]1O[C@H](CO)[C@@H](O)[C@H]1OCCON. The van der Waals surface area contributed by atoms with E-state index in [9.17, 15) is 25.5 Å². The second kappa shape index (κ2) is 9.52. The standard InChI is InChI=1S/C17H28N6O9/c18-14-9-15(23(5-20-9)16-12(28)10(26)7(3-24)31-16)21-6-22(14)17-13(29-1-2-30-19)11(27)8(4-25)32-17/h5,7-8,10-13,16-18,21,24-28H,1-4,6,19H2/t7-,8-,10-,11-,12-,13-,16-,17-/m1/s1. The number of amidine groups is 1. The Hall–Kier alpha value is -1.92. The van der Waals surface area contributed by atoms with Crippen LogP contribution in [-0.2, 0) is 19.0 Å². The highest BCUT2D eigenvalue weighted by molar-refractivity contribution is 6.00. The van der Waals surface area contributed by atoms with Crippen molar-refractivity contribution in [2.45, 2.75) is 49.1 Å². The number of imidazole rings is 1. The molecule has 2 fully saturated rings. The zero-order chi connectivity index (χ0) is 23.0. The second-order valence-corrected chi connectivity index (χ2v) is 7.68. The van der Waals surface area contributed by atoms with Gasteiger partial charge in [0.1, 0.15) is 48.1 Å². The molecule has 0 unspecified atom stereocenters. The van der Waals surface area contributed by atoms with Gasteiger partial charge in [-0.1, -0.05) is 0 Å². The van der Waals surface area contributed by atoms with Crippen molar-refractivity contribution in [1.82, 2.24) is 14.5 Å². The Balaban J connectivity index is 1.54. The van der Waals surface area contributed by atoms with Crippen molar-refractivity contribution in [3.8, 4) is 0 Å². The maximum Gasteiger partial charge on any atom is 0.165 e. The molecular formula is C17H28N6O9. The summed E-state index contributed by atoms with van der Waals surface area (Å²) in [4.78, 5) is 10.2. The number of hydrogen-bond acceptors (Lipinski definition) is 13. The molecule has 8 atom stereocenters. The van der Waals surface area contributed by atoms with E-state index in [-0.39, 0.29) is 31.4 Å². The van der Waals surface area contributed by atoms with Crippen LogP contribution in [0.2, 0.25) is 0 Å². The third kappa shape index (κ3) is 3.86. The topological polar surface area (TPSA) is 221 Å². The molecule has 0 spiro atoms. The number of aliphatic hydroxyl groups is 5. The fourth-order valence-electron chi connectivity index (χ4n) is 4.14. The lowest BCUT2D eigenvalue weighted by molar-refractivity contribution is -0.0962. The van der Waals surface area contributed by atoms with Gasteiger partial charge in [0.2, 0.25) is 0 Å². The van der Waals surface area contributed by atoms with Crippen LogP contribution in [0.25, 0.3) is 0 Å². The van der Waals surface area contributed by atoms with Crippen molar-refractivity contribution in [3.63, 3.8) is 0 Å². The van der Waals surface area contributed by atoms with Crippen LogP contribution in [0.1, 0.15) is 11.9 Å². The molecule has 0 aromatic carbocycles. The Labute approximate surface area is 182 Å². The summed E-state index contributed by atoms with van der Waals surface area (Å²) in [5.41, 5.74) is 0.212. The molecule has 180 valence electrons. The van der Waals surface area contributed by atoms with Gasteiger partial charge in [0.15, 0.2) is 18.3 Å². The summed E-state index contributed by atoms with van der Waals surface area (Å²) >= 11 is 0. The average Bonchev–Trinajstić information content (AvgIpc) is 3.44. The van der Waals surface area contributed by atoms with E-state index >= 15 is 0 Å². The van der Waals surface area contributed by atoms with Gasteiger partial charge in [0, 0.05) is 0 Å². The molecule has 3 aliphatic rings. The fourth-order valence-corrected chi connectivity index (χ4v) is 4.14. The Morgan fingerprint density at radius 2 is 1.78 bits per heavy atom. The molecule has 4 rings (SSSR count). The first-order valence-corrected chi connectivity index (χ1v) is 10.1. The summed E-state index contributed by atoms with van der Waals surface area (Å²) in [6.07, 6.45) is -7.05. The highest BCUT2D eigenvalue weighted by atomic mass is 16.6. The van der Waals surface area contributed by atoms with Crippen LogP contribution in [0.5, 0.6) is 0 Å². The predicted octanol–water partition coefficient (Wildman–Crippen LogP) is -4.14. The van der Waals surface area contributed by atoms with Crippen LogP contribution >= 0.6 is 0 Å². The fraction of sp³-hybridized carbons (Fsp3) is 0.765. The van der Waals surface area contributed by atoms with E-state index in [0.29, 0.717) is 5.82 Å². The van der Waals surface area contributed by atoms with Gasteiger partial charge in [-0.05, 0) is 0 Å². The summed E-state index contributed by atoms with van der Waals surface area (Å²) in [6.45, 7) is -0.712. The van der Waals surface area contributed by atoms with Crippen LogP contribution in [0.3, 0.4) is 0 Å². The summed E-state index contributed by atoms with van der Waals surface area (Å²) in [7, 11) is 0. The number of fused-ring (bicyclic) bond motifs is 1. The number of anilines is 1. The molecule has 0 saturated carbocycles. The Kier molecular flexibility index (Phi) is 6.91. The van der Waals surface area contributed by atoms with Crippen LogP contribution in [0, 0.1) is 5.41 Å². The van der Waals surface area contributed by atoms with Crippen LogP contribution < -0.4 is 11.2 Å². The molecule has 0 aliphatic carbocycles. The number of nitrogens with zero attached hydrogens (tertiary/aromatic N) is 3. The molecule has 0 bridgehead atoms. The van der Waals surface area contributed by atoms with E-state index in [4.69, 9.17) is 25.5 Å². The lowest BCUT2D eigenvalue weighted by Gasteiger charge is -2.37. The Bertz CT molecular complexity index is 811. The van der Waals surface area contributed by atoms with Crippen molar-refractivity contribution in [1.29, 1.82) is 5.41 Å². The molecule has 15 heteroatoms. The summed E-state index contributed by atoms with van der Waals surface area (Å²) < 4.78 is 18.4. The van der Waals surface area contributed by atoms with E-state index < -0.39 is 62.3 Å². The second-order valence-electron chi connectivity index (χ2n) is 7.68. The van der Waals surface area contributed by atoms with E-state index in [1.165, 1.54) is 15.8 Å². The van der Waals surface area contributed by atoms with Gasteiger partial charge in [0.05, 0.1) is 39.4 Å². The maximum atomic E-state index is 10.5. The molecular weight excluding hydrogens is 432 g/mol. The number of nitrogens with one attached hydrogen (secondary N) is 2. The molecule has 0 radical (unpaired) electrons. The van der Waals surface area contributed by atoms with Crippen molar-refractivity contribution < 1.29 is 44.6 Å². The minimum absolute atomic E-state index is 0.0507. The van der Waals surface area contributed by atoms with Gasteiger partial charge in [-0.2, -0.15) is 0 Å². The first-order chi connectivity index (χ1) is 15.4. The van der Waals surface area contributed by atoms with Crippen molar-refractivity contribution in [2.24, 2.45) is 5.90 Å². The van der Waals surface area contributed by atoms with Gasteiger partial charge in [0.25, 0.3) is 0 Å². The number of nitrogens with two attached hydrogens (primary N) is 1.